The van der Waals surface area contributed by atoms with Crippen LogP contribution in [0, 0.1) is 0 Å². The summed E-state index contributed by atoms with van der Waals surface area (Å²) in [4.78, 5) is 15.0. The molecule has 0 amide bonds. The molecule has 0 aliphatic carbocycles. The van der Waals surface area contributed by atoms with Crippen molar-refractivity contribution in [1.29, 1.82) is 0 Å². The van der Waals surface area contributed by atoms with E-state index in [0.717, 1.165) is 5.56 Å². The SMILES string of the molecule is CN=C(NCCC(=O)OC)NCc1ccc(Cl)cc1Cl.I. The third-order valence-corrected chi connectivity index (χ3v) is 3.12. The molecule has 1 aromatic rings. The molecule has 0 aromatic heterocycles. The van der Waals surface area contributed by atoms with Crippen LogP contribution in [0.5, 0.6) is 0 Å². The van der Waals surface area contributed by atoms with Crippen molar-refractivity contribution >= 4 is 59.1 Å². The highest BCUT2D eigenvalue weighted by Crippen LogP contribution is 2.20. The van der Waals surface area contributed by atoms with Crippen LogP contribution in [0.1, 0.15) is 12.0 Å². The molecule has 0 aliphatic rings. The van der Waals surface area contributed by atoms with Crippen molar-refractivity contribution in [3.63, 3.8) is 0 Å². The van der Waals surface area contributed by atoms with Gasteiger partial charge in [-0.15, -0.1) is 24.0 Å². The molecule has 0 unspecified atom stereocenters. The van der Waals surface area contributed by atoms with Gasteiger partial charge in [-0.2, -0.15) is 0 Å². The van der Waals surface area contributed by atoms with Crippen LogP contribution in [-0.2, 0) is 16.1 Å². The topological polar surface area (TPSA) is 62.7 Å². The fourth-order valence-corrected chi connectivity index (χ4v) is 1.92. The molecule has 0 atom stereocenters. The minimum atomic E-state index is -0.270. The maximum atomic E-state index is 11.0. The third-order valence-electron chi connectivity index (χ3n) is 2.53. The summed E-state index contributed by atoms with van der Waals surface area (Å²) in [5, 5.41) is 7.29. The van der Waals surface area contributed by atoms with Crippen LogP contribution in [0.2, 0.25) is 10.0 Å². The van der Waals surface area contributed by atoms with Gasteiger partial charge in [-0.1, -0.05) is 29.3 Å². The minimum Gasteiger partial charge on any atom is -0.469 e. The van der Waals surface area contributed by atoms with E-state index in [2.05, 4.69) is 20.4 Å². The van der Waals surface area contributed by atoms with Crippen LogP contribution < -0.4 is 10.6 Å². The lowest BCUT2D eigenvalue weighted by molar-refractivity contribution is -0.140. The van der Waals surface area contributed by atoms with Crippen LogP contribution in [-0.4, -0.2) is 32.6 Å². The van der Waals surface area contributed by atoms with Gasteiger partial charge < -0.3 is 15.4 Å². The predicted molar refractivity (Wildman–Crippen MR) is 96.7 cm³/mol. The van der Waals surface area contributed by atoms with E-state index in [0.29, 0.717) is 29.1 Å². The van der Waals surface area contributed by atoms with Crippen molar-refractivity contribution in [2.75, 3.05) is 20.7 Å². The third kappa shape index (κ3) is 7.73. The number of carbonyl (C=O) groups excluding carboxylic acids is 1. The lowest BCUT2D eigenvalue weighted by Crippen LogP contribution is -2.38. The Labute approximate surface area is 151 Å². The molecule has 118 valence electrons. The maximum absolute atomic E-state index is 11.0. The first-order valence-corrected chi connectivity index (χ1v) is 6.77. The Morgan fingerprint density at radius 3 is 2.62 bits per heavy atom. The largest absolute Gasteiger partial charge is 0.469 e. The maximum Gasteiger partial charge on any atom is 0.307 e. The highest BCUT2D eigenvalue weighted by atomic mass is 127. The van der Waals surface area contributed by atoms with E-state index in [1.807, 2.05) is 6.07 Å². The Hall–Kier alpha value is -0.730. The Kier molecular flexibility index (Phi) is 10.5. The summed E-state index contributed by atoms with van der Waals surface area (Å²) < 4.78 is 4.55. The molecule has 2 N–H and O–H groups in total. The van der Waals surface area contributed by atoms with E-state index in [9.17, 15) is 4.79 Å². The van der Waals surface area contributed by atoms with Gasteiger partial charge in [0.2, 0.25) is 0 Å². The standard InChI is InChI=1S/C13H17Cl2N3O2.HI/c1-16-13(17-6-5-12(19)20-2)18-8-9-3-4-10(14)7-11(9)15;/h3-4,7H,5-6,8H2,1-2H3,(H2,16,17,18);1H. The molecular formula is C13H18Cl2IN3O2. The quantitative estimate of drug-likeness (QED) is 0.316. The molecule has 1 aromatic carbocycles. The normalized spacial score (nSPS) is 10.6. The van der Waals surface area contributed by atoms with Crippen LogP contribution >= 0.6 is 47.2 Å². The number of hydrogen-bond acceptors (Lipinski definition) is 3. The van der Waals surface area contributed by atoms with Gasteiger partial charge in [0.15, 0.2) is 5.96 Å². The van der Waals surface area contributed by atoms with Crippen LogP contribution in [0.3, 0.4) is 0 Å². The van der Waals surface area contributed by atoms with Gasteiger partial charge in [0.1, 0.15) is 0 Å². The van der Waals surface area contributed by atoms with E-state index in [-0.39, 0.29) is 36.4 Å². The number of benzene rings is 1. The molecule has 8 heteroatoms. The number of halogens is 3. The molecule has 21 heavy (non-hydrogen) atoms. The lowest BCUT2D eigenvalue weighted by atomic mass is 10.2. The fourth-order valence-electron chi connectivity index (χ4n) is 1.45. The van der Waals surface area contributed by atoms with Gasteiger partial charge in [0.05, 0.1) is 13.5 Å². The summed E-state index contributed by atoms with van der Waals surface area (Å²) in [5.74, 6) is 0.314. The molecule has 0 radical (unpaired) electrons. The zero-order valence-corrected chi connectivity index (χ0v) is 15.6. The van der Waals surface area contributed by atoms with Crippen LogP contribution in [0.15, 0.2) is 23.2 Å². The van der Waals surface area contributed by atoms with Crippen molar-refractivity contribution in [1.82, 2.24) is 10.6 Å². The van der Waals surface area contributed by atoms with Gasteiger partial charge in [-0.25, -0.2) is 0 Å². The Morgan fingerprint density at radius 1 is 1.33 bits per heavy atom. The highest BCUT2D eigenvalue weighted by molar-refractivity contribution is 14.0. The molecule has 1 rings (SSSR count). The van der Waals surface area contributed by atoms with Gasteiger partial charge in [-0.3, -0.25) is 9.79 Å². The number of esters is 1. The number of methoxy groups -OCH3 is 1. The Morgan fingerprint density at radius 2 is 2.05 bits per heavy atom. The van der Waals surface area contributed by atoms with E-state index < -0.39 is 0 Å². The van der Waals surface area contributed by atoms with Gasteiger partial charge in [0, 0.05) is 30.2 Å². The number of aliphatic imine (C=N–C) groups is 1. The Balaban J connectivity index is 0.00000400. The van der Waals surface area contributed by atoms with Crippen molar-refractivity contribution in [3.05, 3.63) is 33.8 Å². The number of rotatable bonds is 5. The number of hydrogen-bond donors (Lipinski definition) is 2. The molecule has 0 saturated carbocycles. The molecule has 0 bridgehead atoms. The van der Waals surface area contributed by atoms with Crippen molar-refractivity contribution in [3.8, 4) is 0 Å². The molecule has 0 spiro atoms. The fraction of sp³-hybridized carbons (Fsp3) is 0.385. The molecule has 0 heterocycles. The second kappa shape index (κ2) is 10.9. The predicted octanol–water partition coefficient (Wildman–Crippen LogP) is 2.84. The minimum absolute atomic E-state index is 0. The first kappa shape index (κ1) is 20.3. The Bertz CT molecular complexity index is 498. The zero-order chi connectivity index (χ0) is 15.0. The number of carbonyl (C=O) groups is 1. The van der Waals surface area contributed by atoms with Crippen LogP contribution in [0.4, 0.5) is 0 Å². The second-order valence-electron chi connectivity index (χ2n) is 3.91. The van der Waals surface area contributed by atoms with E-state index in [4.69, 9.17) is 23.2 Å². The molecule has 5 nitrogen and oxygen atoms in total. The first-order valence-electron chi connectivity index (χ1n) is 6.02. The summed E-state index contributed by atoms with van der Waals surface area (Å²) in [5.41, 5.74) is 0.909. The second-order valence-corrected chi connectivity index (χ2v) is 4.76. The zero-order valence-electron chi connectivity index (χ0n) is 11.8. The van der Waals surface area contributed by atoms with Gasteiger partial charge in [0.25, 0.3) is 0 Å². The summed E-state index contributed by atoms with van der Waals surface area (Å²) in [7, 11) is 3.01. The molecule has 0 saturated heterocycles. The molecular weight excluding hydrogens is 428 g/mol. The smallest absolute Gasteiger partial charge is 0.307 e. The number of nitrogens with zero attached hydrogens (tertiary/aromatic N) is 1. The van der Waals surface area contributed by atoms with Gasteiger partial charge >= 0.3 is 5.97 Å². The van der Waals surface area contributed by atoms with E-state index in [1.165, 1.54) is 7.11 Å². The summed E-state index contributed by atoms with van der Waals surface area (Å²) in [6.07, 6.45) is 0.277. The number of nitrogens with one attached hydrogen (secondary N) is 2. The highest BCUT2D eigenvalue weighted by Gasteiger charge is 2.04. The first-order chi connectivity index (χ1) is 9.56. The van der Waals surface area contributed by atoms with Crippen LogP contribution in [0.25, 0.3) is 0 Å². The van der Waals surface area contributed by atoms with Gasteiger partial charge in [-0.05, 0) is 17.7 Å². The van der Waals surface area contributed by atoms with Crippen molar-refractivity contribution < 1.29 is 9.53 Å². The van der Waals surface area contributed by atoms with E-state index in [1.54, 1.807) is 19.2 Å². The average molecular weight is 446 g/mol. The summed E-state index contributed by atoms with van der Waals surface area (Å²) in [6, 6.07) is 5.31. The van der Waals surface area contributed by atoms with E-state index >= 15 is 0 Å². The number of guanidine groups is 1. The van der Waals surface area contributed by atoms with Crippen molar-refractivity contribution in [2.24, 2.45) is 4.99 Å². The molecule has 0 fully saturated rings. The summed E-state index contributed by atoms with van der Waals surface area (Å²) >= 11 is 11.9. The lowest BCUT2D eigenvalue weighted by Gasteiger charge is -2.12. The average Bonchev–Trinajstić information content (AvgIpc) is 2.43. The molecule has 0 aliphatic heterocycles. The monoisotopic (exact) mass is 445 g/mol. The number of ether oxygens (including phenoxy) is 1. The van der Waals surface area contributed by atoms with Crippen molar-refractivity contribution in [2.45, 2.75) is 13.0 Å². The summed E-state index contributed by atoms with van der Waals surface area (Å²) in [6.45, 7) is 0.953.